The van der Waals surface area contributed by atoms with Crippen LogP contribution in [0.4, 0.5) is 4.79 Å². The Labute approximate surface area is 165 Å². The van der Waals surface area contributed by atoms with E-state index >= 15 is 0 Å². The average Bonchev–Trinajstić information content (AvgIpc) is 2.96. The highest BCUT2D eigenvalue weighted by atomic mass is 16.5. The first kappa shape index (κ1) is 19.9. The predicted octanol–water partition coefficient (Wildman–Crippen LogP) is 4.80. The number of hydrogen-bond acceptors (Lipinski definition) is 3. The van der Waals surface area contributed by atoms with Crippen molar-refractivity contribution in [3.8, 4) is 11.1 Å². The van der Waals surface area contributed by atoms with E-state index in [0.717, 1.165) is 22.3 Å². The van der Waals surface area contributed by atoms with E-state index in [4.69, 9.17) is 4.74 Å². The molecule has 2 aromatic carbocycles. The fourth-order valence-corrected chi connectivity index (χ4v) is 3.62. The summed E-state index contributed by atoms with van der Waals surface area (Å²) in [6.07, 6.45) is 0.361. The molecular weight excluding hydrogens is 354 g/mol. The molecule has 28 heavy (non-hydrogen) atoms. The number of benzene rings is 2. The van der Waals surface area contributed by atoms with Gasteiger partial charge >= 0.3 is 12.1 Å². The fourth-order valence-electron chi connectivity index (χ4n) is 3.62. The zero-order chi connectivity index (χ0) is 20.3. The van der Waals surface area contributed by atoms with Crippen LogP contribution in [0.2, 0.25) is 0 Å². The highest BCUT2D eigenvalue weighted by Crippen LogP contribution is 2.44. The molecule has 0 saturated carbocycles. The molecule has 148 valence electrons. The maximum atomic E-state index is 12.3. The van der Waals surface area contributed by atoms with Crippen molar-refractivity contribution >= 4 is 12.1 Å². The highest BCUT2D eigenvalue weighted by molar-refractivity contribution is 5.81. The summed E-state index contributed by atoms with van der Waals surface area (Å²) >= 11 is 0. The number of carboxylic acid groups (broad SMARTS) is 1. The summed E-state index contributed by atoms with van der Waals surface area (Å²) in [5.74, 6) is -1.09. The number of alkyl carbamates (subject to hydrolysis) is 1. The molecule has 1 aliphatic rings. The van der Waals surface area contributed by atoms with Gasteiger partial charge in [0.1, 0.15) is 12.6 Å². The lowest BCUT2D eigenvalue weighted by molar-refractivity contribution is -0.139. The van der Waals surface area contributed by atoms with Gasteiger partial charge in [0.2, 0.25) is 0 Å². The lowest BCUT2D eigenvalue weighted by Crippen LogP contribution is -2.42. The number of nitrogens with one attached hydrogen (secondary N) is 1. The molecule has 0 spiro atoms. The summed E-state index contributed by atoms with van der Waals surface area (Å²) in [6, 6.07) is 15.2. The van der Waals surface area contributed by atoms with Gasteiger partial charge in [-0.1, -0.05) is 69.3 Å². The van der Waals surface area contributed by atoms with Crippen molar-refractivity contribution in [2.75, 3.05) is 6.61 Å². The van der Waals surface area contributed by atoms with E-state index in [-0.39, 0.29) is 17.9 Å². The third-order valence-electron chi connectivity index (χ3n) is 5.12. The van der Waals surface area contributed by atoms with Crippen molar-refractivity contribution in [2.45, 2.75) is 45.6 Å². The fraction of sp³-hybridized carbons (Fsp3) is 0.391. The molecule has 1 atom stereocenters. The molecule has 0 aliphatic heterocycles. The maximum Gasteiger partial charge on any atom is 0.407 e. The van der Waals surface area contributed by atoms with Crippen LogP contribution >= 0.6 is 0 Å². The van der Waals surface area contributed by atoms with Crippen LogP contribution in [0.25, 0.3) is 11.1 Å². The van der Waals surface area contributed by atoms with Crippen LogP contribution < -0.4 is 5.32 Å². The summed E-state index contributed by atoms with van der Waals surface area (Å²) in [6.45, 7) is 6.29. The van der Waals surface area contributed by atoms with Crippen LogP contribution in [0.3, 0.4) is 0 Å². The Morgan fingerprint density at radius 3 is 2.07 bits per heavy atom. The van der Waals surface area contributed by atoms with Gasteiger partial charge < -0.3 is 15.2 Å². The van der Waals surface area contributed by atoms with E-state index in [1.165, 1.54) is 0 Å². The molecule has 2 aromatic rings. The molecule has 5 nitrogen and oxygen atoms in total. The first-order chi connectivity index (χ1) is 13.3. The highest BCUT2D eigenvalue weighted by Gasteiger charge is 2.30. The molecule has 0 radical (unpaired) electrons. The van der Waals surface area contributed by atoms with Gasteiger partial charge in [-0.2, -0.15) is 0 Å². The quantitative estimate of drug-likeness (QED) is 0.753. The summed E-state index contributed by atoms with van der Waals surface area (Å²) in [5.41, 5.74) is 4.55. The number of ether oxygens (including phenoxy) is 1. The number of rotatable bonds is 6. The number of amides is 1. The van der Waals surface area contributed by atoms with Crippen LogP contribution in [0.1, 0.15) is 50.7 Å². The van der Waals surface area contributed by atoms with Crippen LogP contribution in [-0.2, 0) is 9.53 Å². The second kappa shape index (κ2) is 8.05. The van der Waals surface area contributed by atoms with Gasteiger partial charge in [-0.25, -0.2) is 9.59 Å². The number of hydrogen-bond donors (Lipinski definition) is 2. The molecule has 3 rings (SSSR count). The summed E-state index contributed by atoms with van der Waals surface area (Å²) in [5, 5.41) is 11.9. The number of aliphatic carboxylic acids is 1. The Morgan fingerprint density at radius 1 is 1.04 bits per heavy atom. The normalized spacial score (nSPS) is 14.1. The smallest absolute Gasteiger partial charge is 0.407 e. The van der Waals surface area contributed by atoms with Gasteiger partial charge in [0.05, 0.1) is 0 Å². The lowest BCUT2D eigenvalue weighted by Gasteiger charge is -2.22. The van der Waals surface area contributed by atoms with Gasteiger partial charge in [0, 0.05) is 5.92 Å². The third-order valence-corrected chi connectivity index (χ3v) is 5.12. The van der Waals surface area contributed by atoms with Crippen LogP contribution in [-0.4, -0.2) is 29.8 Å². The first-order valence-electron chi connectivity index (χ1n) is 9.60. The minimum atomic E-state index is -1.04. The van der Waals surface area contributed by atoms with E-state index in [2.05, 4.69) is 17.4 Å². The number of carbonyl (C=O) groups excluding carboxylic acids is 1. The largest absolute Gasteiger partial charge is 0.480 e. The van der Waals surface area contributed by atoms with Gasteiger partial charge in [-0.15, -0.1) is 0 Å². The zero-order valence-electron chi connectivity index (χ0n) is 16.6. The average molecular weight is 381 g/mol. The molecule has 5 heteroatoms. The van der Waals surface area contributed by atoms with Crippen molar-refractivity contribution in [3.63, 3.8) is 0 Å². The van der Waals surface area contributed by atoms with Gasteiger partial charge in [0.25, 0.3) is 0 Å². The minimum absolute atomic E-state index is 0.00342. The summed E-state index contributed by atoms with van der Waals surface area (Å²) < 4.78 is 5.44. The molecule has 0 bridgehead atoms. The van der Waals surface area contributed by atoms with Crippen molar-refractivity contribution < 1.29 is 19.4 Å². The molecular formula is C23H27NO4. The van der Waals surface area contributed by atoms with Crippen molar-refractivity contribution in [3.05, 3.63) is 59.7 Å². The Bertz CT molecular complexity index is 823. The molecule has 0 unspecified atom stereocenters. The second-order valence-corrected chi connectivity index (χ2v) is 8.46. The predicted molar refractivity (Wildman–Crippen MR) is 108 cm³/mol. The SMILES string of the molecule is CC(C)(C)CC[C@H](NC(=O)OCC1c2ccccc2-c2ccccc21)C(=O)O. The van der Waals surface area contributed by atoms with Gasteiger partial charge in [-0.05, 0) is 40.5 Å². The van der Waals surface area contributed by atoms with E-state index in [9.17, 15) is 14.7 Å². The van der Waals surface area contributed by atoms with Gasteiger partial charge in [-0.3, -0.25) is 0 Å². The Balaban J connectivity index is 1.65. The number of carboxylic acids is 1. The third kappa shape index (κ3) is 4.53. The number of fused-ring (bicyclic) bond motifs is 3. The van der Waals surface area contributed by atoms with E-state index in [0.29, 0.717) is 12.8 Å². The molecule has 1 amide bonds. The zero-order valence-corrected chi connectivity index (χ0v) is 16.6. The molecule has 2 N–H and O–H groups in total. The second-order valence-electron chi connectivity index (χ2n) is 8.46. The Hall–Kier alpha value is -2.82. The van der Waals surface area contributed by atoms with Crippen molar-refractivity contribution in [2.24, 2.45) is 5.41 Å². The molecule has 0 heterocycles. The lowest BCUT2D eigenvalue weighted by atomic mass is 9.89. The van der Waals surface area contributed by atoms with Crippen molar-refractivity contribution in [1.29, 1.82) is 0 Å². The van der Waals surface area contributed by atoms with Gasteiger partial charge in [0.15, 0.2) is 0 Å². The number of carbonyl (C=O) groups is 2. The molecule has 0 aromatic heterocycles. The van der Waals surface area contributed by atoms with E-state index < -0.39 is 18.1 Å². The first-order valence-corrected chi connectivity index (χ1v) is 9.60. The van der Waals surface area contributed by atoms with E-state index in [1.54, 1.807) is 0 Å². The monoisotopic (exact) mass is 381 g/mol. The maximum absolute atomic E-state index is 12.3. The topological polar surface area (TPSA) is 75.6 Å². The molecule has 0 saturated heterocycles. The molecule has 0 fully saturated rings. The van der Waals surface area contributed by atoms with Crippen LogP contribution in [0.5, 0.6) is 0 Å². The molecule has 1 aliphatic carbocycles. The standard InChI is InChI=1S/C23H27NO4/c1-23(2,3)13-12-20(21(25)26)24-22(27)28-14-19-17-10-6-4-8-15(17)16-9-5-7-11-18(16)19/h4-11,19-20H,12-14H2,1-3H3,(H,24,27)(H,25,26)/t20-/m0/s1. The van der Waals surface area contributed by atoms with Crippen LogP contribution in [0, 0.1) is 5.41 Å². The Morgan fingerprint density at radius 2 is 1.57 bits per heavy atom. The summed E-state index contributed by atoms with van der Waals surface area (Å²) in [7, 11) is 0. The van der Waals surface area contributed by atoms with Crippen LogP contribution in [0.15, 0.2) is 48.5 Å². The summed E-state index contributed by atoms with van der Waals surface area (Å²) in [4.78, 5) is 23.7. The van der Waals surface area contributed by atoms with E-state index in [1.807, 2.05) is 57.2 Å². The minimum Gasteiger partial charge on any atom is -0.480 e. The Kier molecular flexibility index (Phi) is 5.73. The van der Waals surface area contributed by atoms with Crippen molar-refractivity contribution in [1.82, 2.24) is 5.32 Å².